The Labute approximate surface area is 171 Å². The van der Waals surface area contributed by atoms with Crippen LogP contribution in [-0.2, 0) is 22.6 Å². The molecule has 2 aliphatic rings. The maximum absolute atomic E-state index is 13.7. The van der Waals surface area contributed by atoms with E-state index in [4.69, 9.17) is 5.14 Å². The minimum absolute atomic E-state index is 0.105. The van der Waals surface area contributed by atoms with Crippen LogP contribution in [0.25, 0.3) is 11.1 Å². The quantitative estimate of drug-likeness (QED) is 0.423. The molecule has 0 radical (unpaired) electrons. The average Bonchev–Trinajstić information content (AvgIpc) is 3.34. The maximum atomic E-state index is 13.7. The van der Waals surface area contributed by atoms with Gasteiger partial charge in [-0.25, -0.2) is 24.4 Å². The number of primary sulfonamides is 1. The summed E-state index contributed by atoms with van der Waals surface area (Å²) in [6.45, 7) is 0. The number of halogens is 3. The second kappa shape index (κ2) is 7.57. The van der Waals surface area contributed by atoms with Crippen molar-refractivity contribution in [3.8, 4) is 11.1 Å². The third kappa shape index (κ3) is 3.60. The summed E-state index contributed by atoms with van der Waals surface area (Å²) in [6.07, 6.45) is -4.33. The van der Waals surface area contributed by atoms with Gasteiger partial charge in [0, 0.05) is 11.6 Å². The molecule has 1 heterocycles. The Morgan fingerprint density at radius 3 is 2.40 bits per heavy atom. The summed E-state index contributed by atoms with van der Waals surface area (Å²) >= 11 is 0. The molecule has 0 spiro atoms. The van der Waals surface area contributed by atoms with E-state index < -0.39 is 32.8 Å². The van der Waals surface area contributed by atoms with Gasteiger partial charge in [-0.15, -0.1) is 0 Å². The number of fused-ring (bicyclic) bond motifs is 1. The van der Waals surface area contributed by atoms with E-state index >= 15 is 0 Å². The monoisotopic (exact) mass is 442 g/mol. The standard InChI is InChI=1S/C18H21F3N6O2S/c1-23-14-8-6-10-9(3-2-4-11(10)14)12-5-7-13(18(19,20)21)16(30(22,28)29)15(12)17-24-26-27-25-17/h2-5,7,14,17,23-27H,6,8H2,1H3,(H2,22,28,29). The first-order chi connectivity index (χ1) is 14.1. The largest absolute Gasteiger partial charge is 0.417 e. The molecule has 8 nitrogen and oxygen atoms in total. The number of alkyl halides is 3. The van der Waals surface area contributed by atoms with Crippen molar-refractivity contribution in [1.82, 2.24) is 27.2 Å². The molecule has 1 saturated heterocycles. The van der Waals surface area contributed by atoms with Crippen LogP contribution in [0.1, 0.15) is 40.9 Å². The molecular formula is C18H21F3N6O2S. The highest BCUT2D eigenvalue weighted by molar-refractivity contribution is 7.89. The molecule has 0 aromatic heterocycles. The first-order valence-electron chi connectivity index (χ1n) is 9.20. The van der Waals surface area contributed by atoms with E-state index in [2.05, 4.69) is 27.2 Å². The van der Waals surface area contributed by atoms with Crippen LogP contribution in [0.2, 0.25) is 0 Å². The van der Waals surface area contributed by atoms with Crippen LogP contribution in [-0.4, -0.2) is 15.5 Å². The van der Waals surface area contributed by atoms with E-state index in [-0.39, 0.29) is 11.6 Å². The fourth-order valence-electron chi connectivity index (χ4n) is 4.25. The van der Waals surface area contributed by atoms with Gasteiger partial charge in [0.05, 0.1) is 5.56 Å². The van der Waals surface area contributed by atoms with Gasteiger partial charge in [-0.1, -0.05) is 24.3 Å². The normalized spacial score (nSPS) is 20.0. The summed E-state index contributed by atoms with van der Waals surface area (Å²) in [5.41, 5.74) is 12.0. The minimum Gasteiger partial charge on any atom is -0.313 e. The van der Waals surface area contributed by atoms with Gasteiger partial charge in [-0.05, 0) is 48.2 Å². The number of hydrazine groups is 3. The SMILES string of the molecule is CNC1CCc2c(-c3ccc(C(F)(F)F)c(S(N)(=O)=O)c3C3NNNN3)cccc21. The molecule has 1 unspecified atom stereocenters. The summed E-state index contributed by atoms with van der Waals surface area (Å²) in [5, 5.41) is 8.52. The van der Waals surface area contributed by atoms with Crippen molar-refractivity contribution in [3.05, 3.63) is 52.6 Å². The summed E-state index contributed by atoms with van der Waals surface area (Å²) in [6, 6.07) is 7.77. The molecule has 30 heavy (non-hydrogen) atoms. The van der Waals surface area contributed by atoms with Crippen molar-refractivity contribution in [2.75, 3.05) is 7.05 Å². The second-order valence-corrected chi connectivity index (χ2v) is 8.67. The molecule has 1 aliphatic carbocycles. The number of hydrogen-bond acceptors (Lipinski definition) is 7. The summed E-state index contributed by atoms with van der Waals surface area (Å²) in [4.78, 5) is -0.955. The molecule has 4 rings (SSSR count). The van der Waals surface area contributed by atoms with Crippen LogP contribution in [0.3, 0.4) is 0 Å². The zero-order chi connectivity index (χ0) is 21.7. The molecule has 7 N–H and O–H groups in total. The molecule has 0 bridgehead atoms. The molecule has 12 heteroatoms. The highest BCUT2D eigenvalue weighted by atomic mass is 32.2. The van der Waals surface area contributed by atoms with Gasteiger partial charge in [0.25, 0.3) is 0 Å². The molecule has 0 amide bonds. The molecule has 1 aliphatic heterocycles. The van der Waals surface area contributed by atoms with Gasteiger partial charge in [-0.3, -0.25) is 0 Å². The summed E-state index contributed by atoms with van der Waals surface area (Å²) in [5.74, 6) is 0. The first-order valence-corrected chi connectivity index (χ1v) is 10.7. The van der Waals surface area contributed by atoms with Crippen molar-refractivity contribution in [2.24, 2.45) is 5.14 Å². The molecule has 1 fully saturated rings. The fraction of sp³-hybridized carbons (Fsp3) is 0.333. The topological polar surface area (TPSA) is 120 Å². The lowest BCUT2D eigenvalue weighted by Crippen LogP contribution is -2.33. The minimum atomic E-state index is -4.90. The predicted molar refractivity (Wildman–Crippen MR) is 104 cm³/mol. The van der Waals surface area contributed by atoms with Gasteiger partial charge < -0.3 is 5.32 Å². The Kier molecular flexibility index (Phi) is 5.34. The van der Waals surface area contributed by atoms with Gasteiger partial charge in [0.15, 0.2) is 0 Å². The number of nitrogens with one attached hydrogen (secondary N) is 5. The van der Waals surface area contributed by atoms with Crippen molar-refractivity contribution < 1.29 is 21.6 Å². The van der Waals surface area contributed by atoms with Crippen LogP contribution >= 0.6 is 0 Å². The van der Waals surface area contributed by atoms with E-state index in [1.165, 1.54) is 6.07 Å². The van der Waals surface area contributed by atoms with Crippen molar-refractivity contribution in [1.29, 1.82) is 0 Å². The summed E-state index contributed by atoms with van der Waals surface area (Å²) < 4.78 is 65.8. The molecule has 1 atom stereocenters. The molecule has 0 saturated carbocycles. The van der Waals surface area contributed by atoms with E-state index in [0.29, 0.717) is 17.5 Å². The molecule has 2 aromatic rings. The van der Waals surface area contributed by atoms with Gasteiger partial charge >= 0.3 is 6.18 Å². The molecular weight excluding hydrogens is 421 g/mol. The lowest BCUT2D eigenvalue weighted by atomic mass is 9.90. The van der Waals surface area contributed by atoms with E-state index in [9.17, 15) is 21.6 Å². The van der Waals surface area contributed by atoms with Crippen molar-refractivity contribution >= 4 is 10.0 Å². The van der Waals surface area contributed by atoms with Crippen LogP contribution < -0.4 is 32.4 Å². The zero-order valence-electron chi connectivity index (χ0n) is 15.9. The smallest absolute Gasteiger partial charge is 0.313 e. The van der Waals surface area contributed by atoms with Crippen molar-refractivity contribution in [3.63, 3.8) is 0 Å². The van der Waals surface area contributed by atoms with Gasteiger partial charge in [0.2, 0.25) is 10.0 Å². The number of nitrogens with two attached hydrogens (primary N) is 1. The lowest BCUT2D eigenvalue weighted by molar-refractivity contribution is -0.140. The predicted octanol–water partition coefficient (Wildman–Crippen LogP) is 1.34. The Balaban J connectivity index is 2.04. The Morgan fingerprint density at radius 1 is 1.10 bits per heavy atom. The average molecular weight is 442 g/mol. The number of benzene rings is 2. The van der Waals surface area contributed by atoms with Crippen LogP contribution in [0.5, 0.6) is 0 Å². The first kappa shape index (κ1) is 21.2. The number of sulfonamides is 1. The second-order valence-electron chi connectivity index (χ2n) is 7.17. The van der Waals surface area contributed by atoms with E-state index in [1.54, 1.807) is 6.07 Å². The highest BCUT2D eigenvalue weighted by Crippen LogP contribution is 2.44. The fourth-order valence-corrected chi connectivity index (χ4v) is 5.28. The zero-order valence-corrected chi connectivity index (χ0v) is 16.7. The Morgan fingerprint density at radius 2 is 1.80 bits per heavy atom. The highest BCUT2D eigenvalue weighted by Gasteiger charge is 2.41. The third-order valence-electron chi connectivity index (χ3n) is 5.48. The van der Waals surface area contributed by atoms with Gasteiger partial charge in [0.1, 0.15) is 11.1 Å². The number of rotatable bonds is 4. The third-order valence-corrected chi connectivity index (χ3v) is 6.49. The summed E-state index contributed by atoms with van der Waals surface area (Å²) in [7, 11) is -2.87. The van der Waals surface area contributed by atoms with E-state index in [1.807, 2.05) is 19.2 Å². The Hall–Kier alpha value is -2.06. The molecule has 162 valence electrons. The Bertz CT molecular complexity index is 1080. The van der Waals surface area contributed by atoms with Crippen LogP contribution in [0.15, 0.2) is 35.2 Å². The lowest BCUT2D eigenvalue weighted by Gasteiger charge is -2.23. The van der Waals surface area contributed by atoms with Gasteiger partial charge in [-0.2, -0.15) is 24.2 Å². The maximum Gasteiger partial charge on any atom is 0.417 e. The van der Waals surface area contributed by atoms with Crippen LogP contribution in [0.4, 0.5) is 13.2 Å². The van der Waals surface area contributed by atoms with Crippen LogP contribution in [0, 0.1) is 0 Å². The molecule has 2 aromatic carbocycles. The van der Waals surface area contributed by atoms with Crippen molar-refractivity contribution in [2.45, 2.75) is 36.1 Å². The number of hydrogen-bond donors (Lipinski definition) is 6. The van der Waals surface area contributed by atoms with E-state index in [0.717, 1.165) is 23.6 Å².